The molecule has 0 amide bonds. The minimum Gasteiger partial charge on any atom is -0.462 e. The van der Waals surface area contributed by atoms with E-state index in [0.717, 1.165) is 6.04 Å². The molecule has 0 radical (unpaired) electrons. The Morgan fingerprint density at radius 1 is 1.32 bits per heavy atom. The molecule has 0 spiro atoms. The summed E-state index contributed by atoms with van der Waals surface area (Å²) in [5.41, 5.74) is 0.0554. The van der Waals surface area contributed by atoms with E-state index in [2.05, 4.69) is 24.6 Å². The van der Waals surface area contributed by atoms with Crippen LogP contribution in [0.25, 0.3) is 10.9 Å². The number of hydrogen-bond donors (Lipinski definition) is 0. The fraction of sp³-hybridized carbons (Fsp3) is 0.471. The number of pyridine rings is 2. The molecule has 2 rings (SSSR count). The summed E-state index contributed by atoms with van der Waals surface area (Å²) in [7, 11) is -1.22. The van der Waals surface area contributed by atoms with E-state index in [1.165, 1.54) is 10.8 Å². The van der Waals surface area contributed by atoms with Crippen molar-refractivity contribution in [1.29, 1.82) is 0 Å². The third kappa shape index (κ3) is 5.13. The highest BCUT2D eigenvalue weighted by atomic mass is 35.5. The van der Waals surface area contributed by atoms with Crippen molar-refractivity contribution in [2.24, 2.45) is 0 Å². The molecule has 0 atom stereocenters. The van der Waals surface area contributed by atoms with E-state index < -0.39 is 14.0 Å². The molecular weight excluding hydrogens is 360 g/mol. The third-order valence-corrected chi connectivity index (χ3v) is 5.54. The summed E-state index contributed by atoms with van der Waals surface area (Å²) in [6.45, 7) is 9.35. The van der Waals surface area contributed by atoms with Crippen LogP contribution in [0.3, 0.4) is 0 Å². The zero-order valence-electron chi connectivity index (χ0n) is 15.0. The Kier molecular flexibility index (Phi) is 6.37. The standard InChI is InChI=1S/C17H23ClN2O4Si/c1-5-24-17(22)13-10-20(11-23-8-9-25(2,3)4)16(21)15-12(13)6-7-14(18)19-15/h6-7,10H,5,8-9,11H2,1-4H3. The maximum atomic E-state index is 12.6. The number of carbonyl (C=O) groups excluding carboxylic acids is 1. The smallest absolute Gasteiger partial charge is 0.340 e. The summed E-state index contributed by atoms with van der Waals surface area (Å²) < 4.78 is 12.1. The van der Waals surface area contributed by atoms with Crippen LogP contribution >= 0.6 is 11.6 Å². The van der Waals surface area contributed by atoms with Crippen molar-refractivity contribution in [2.45, 2.75) is 39.3 Å². The summed E-state index contributed by atoms with van der Waals surface area (Å²) in [5.74, 6) is -0.507. The summed E-state index contributed by atoms with van der Waals surface area (Å²) in [6, 6.07) is 4.14. The van der Waals surface area contributed by atoms with Crippen molar-refractivity contribution < 1.29 is 14.3 Å². The van der Waals surface area contributed by atoms with Gasteiger partial charge in [-0.15, -0.1) is 0 Å². The number of rotatable bonds is 7. The largest absolute Gasteiger partial charge is 0.462 e. The van der Waals surface area contributed by atoms with Crippen molar-refractivity contribution >= 4 is 36.5 Å². The number of hydrogen-bond acceptors (Lipinski definition) is 5. The van der Waals surface area contributed by atoms with E-state index in [1.54, 1.807) is 19.1 Å². The molecule has 2 aromatic rings. The average Bonchev–Trinajstić information content (AvgIpc) is 2.53. The predicted octanol–water partition coefficient (Wildman–Crippen LogP) is 3.54. The van der Waals surface area contributed by atoms with Gasteiger partial charge in [0.05, 0.1) is 12.2 Å². The van der Waals surface area contributed by atoms with Crippen LogP contribution in [0.1, 0.15) is 17.3 Å². The van der Waals surface area contributed by atoms with Gasteiger partial charge in [-0.25, -0.2) is 9.78 Å². The van der Waals surface area contributed by atoms with Crippen LogP contribution in [-0.2, 0) is 16.2 Å². The van der Waals surface area contributed by atoms with Crippen molar-refractivity contribution in [3.63, 3.8) is 0 Å². The first-order chi connectivity index (χ1) is 11.7. The predicted molar refractivity (Wildman–Crippen MR) is 101 cm³/mol. The lowest BCUT2D eigenvalue weighted by Gasteiger charge is -2.16. The summed E-state index contributed by atoms with van der Waals surface area (Å²) in [5, 5.41) is 0.614. The second kappa shape index (κ2) is 8.12. The Balaban J connectivity index is 2.37. The van der Waals surface area contributed by atoms with Gasteiger partial charge in [-0.3, -0.25) is 9.36 Å². The minimum atomic E-state index is -1.22. The average molecular weight is 383 g/mol. The Morgan fingerprint density at radius 3 is 2.68 bits per heavy atom. The normalized spacial score (nSPS) is 11.7. The number of carbonyl (C=O) groups is 1. The number of halogens is 1. The minimum absolute atomic E-state index is 0.0554. The Hall–Kier alpha value is -1.70. The number of nitrogens with zero attached hydrogens (tertiary/aromatic N) is 2. The number of aromatic nitrogens is 2. The molecule has 0 aliphatic rings. The molecule has 0 unspecified atom stereocenters. The van der Waals surface area contributed by atoms with Gasteiger partial charge in [0.2, 0.25) is 0 Å². The molecular formula is C17H23ClN2O4Si. The topological polar surface area (TPSA) is 70.4 Å². The van der Waals surface area contributed by atoms with Crippen LogP contribution in [0.4, 0.5) is 0 Å². The fourth-order valence-electron chi connectivity index (χ4n) is 2.24. The van der Waals surface area contributed by atoms with Gasteiger partial charge in [-0.05, 0) is 25.1 Å². The van der Waals surface area contributed by atoms with E-state index in [-0.39, 0.29) is 35.1 Å². The monoisotopic (exact) mass is 382 g/mol. The van der Waals surface area contributed by atoms with Gasteiger partial charge in [0.25, 0.3) is 5.56 Å². The fourth-order valence-corrected chi connectivity index (χ4v) is 3.15. The molecule has 0 aliphatic heterocycles. The van der Waals surface area contributed by atoms with Gasteiger partial charge in [-0.1, -0.05) is 31.2 Å². The number of esters is 1. The van der Waals surface area contributed by atoms with Crippen LogP contribution in [0.2, 0.25) is 30.8 Å². The van der Waals surface area contributed by atoms with Crippen molar-refractivity contribution in [2.75, 3.05) is 13.2 Å². The molecule has 8 heteroatoms. The highest BCUT2D eigenvalue weighted by Crippen LogP contribution is 2.18. The molecule has 0 saturated carbocycles. The summed E-state index contributed by atoms with van der Waals surface area (Å²) >= 11 is 5.91. The maximum absolute atomic E-state index is 12.6. The zero-order valence-corrected chi connectivity index (χ0v) is 16.7. The van der Waals surface area contributed by atoms with Gasteiger partial charge in [-0.2, -0.15) is 0 Å². The quantitative estimate of drug-likeness (QED) is 0.317. The van der Waals surface area contributed by atoms with E-state index in [1.807, 2.05) is 0 Å². The van der Waals surface area contributed by atoms with Crippen LogP contribution in [0.15, 0.2) is 23.1 Å². The molecule has 0 fully saturated rings. The third-order valence-electron chi connectivity index (χ3n) is 3.62. The molecule has 0 saturated heterocycles. The molecule has 0 aliphatic carbocycles. The highest BCUT2D eigenvalue weighted by molar-refractivity contribution is 6.76. The molecule has 0 aromatic carbocycles. The van der Waals surface area contributed by atoms with E-state index >= 15 is 0 Å². The van der Waals surface area contributed by atoms with Crippen LogP contribution in [0.5, 0.6) is 0 Å². The first-order valence-corrected chi connectivity index (χ1v) is 12.3. The lowest BCUT2D eigenvalue weighted by Crippen LogP contribution is -2.26. The first kappa shape index (κ1) is 19.6. The van der Waals surface area contributed by atoms with Crippen molar-refractivity contribution in [3.8, 4) is 0 Å². The molecule has 0 N–H and O–H groups in total. The van der Waals surface area contributed by atoms with Gasteiger partial charge < -0.3 is 9.47 Å². The lowest BCUT2D eigenvalue weighted by atomic mass is 10.1. The molecule has 0 bridgehead atoms. The Labute approximate surface area is 152 Å². The van der Waals surface area contributed by atoms with Gasteiger partial charge >= 0.3 is 5.97 Å². The summed E-state index contributed by atoms with van der Waals surface area (Å²) in [6.07, 6.45) is 1.47. The molecule has 2 heterocycles. The Bertz CT molecular complexity index is 830. The highest BCUT2D eigenvalue weighted by Gasteiger charge is 2.18. The molecule has 6 nitrogen and oxygen atoms in total. The van der Waals surface area contributed by atoms with Crippen molar-refractivity contribution in [1.82, 2.24) is 9.55 Å². The van der Waals surface area contributed by atoms with Gasteiger partial charge in [0.15, 0.2) is 0 Å². The second-order valence-electron chi connectivity index (χ2n) is 6.92. The van der Waals surface area contributed by atoms with E-state index in [4.69, 9.17) is 21.1 Å². The van der Waals surface area contributed by atoms with Crippen LogP contribution in [0, 0.1) is 0 Å². The van der Waals surface area contributed by atoms with E-state index in [0.29, 0.717) is 12.0 Å². The summed E-state index contributed by atoms with van der Waals surface area (Å²) in [4.78, 5) is 28.9. The first-order valence-electron chi connectivity index (χ1n) is 8.17. The molecule has 136 valence electrons. The van der Waals surface area contributed by atoms with Crippen LogP contribution < -0.4 is 5.56 Å². The molecule has 25 heavy (non-hydrogen) atoms. The SMILES string of the molecule is CCOC(=O)c1cn(COCC[Si](C)(C)C)c(=O)c2nc(Cl)ccc12. The van der Waals surface area contributed by atoms with Crippen LogP contribution in [-0.4, -0.2) is 36.8 Å². The number of fused-ring (bicyclic) bond motifs is 1. The second-order valence-corrected chi connectivity index (χ2v) is 12.9. The van der Waals surface area contributed by atoms with Gasteiger partial charge in [0.1, 0.15) is 17.4 Å². The van der Waals surface area contributed by atoms with E-state index in [9.17, 15) is 9.59 Å². The zero-order chi connectivity index (χ0) is 18.6. The number of ether oxygens (including phenoxy) is 2. The van der Waals surface area contributed by atoms with Crippen molar-refractivity contribution in [3.05, 3.63) is 39.4 Å². The lowest BCUT2D eigenvalue weighted by molar-refractivity contribution is 0.0524. The molecule has 2 aromatic heterocycles. The van der Waals surface area contributed by atoms with Gasteiger partial charge in [0, 0.05) is 26.3 Å². The maximum Gasteiger partial charge on any atom is 0.340 e. The Morgan fingerprint density at radius 2 is 2.04 bits per heavy atom.